The first-order chi connectivity index (χ1) is 11.4. The van der Waals surface area contributed by atoms with Crippen LogP contribution < -0.4 is 5.32 Å². The number of halogens is 4. The minimum Gasteiger partial charge on any atom is -0.341 e. The van der Waals surface area contributed by atoms with Gasteiger partial charge in [-0.15, -0.1) is 0 Å². The molecule has 2 nitrogen and oxygen atoms in total. The van der Waals surface area contributed by atoms with E-state index in [9.17, 15) is 18.0 Å². The fourth-order valence-electron chi connectivity index (χ4n) is 2.84. The van der Waals surface area contributed by atoms with Gasteiger partial charge in [-0.3, -0.25) is 4.79 Å². The van der Waals surface area contributed by atoms with Gasteiger partial charge in [-0.1, -0.05) is 58.4 Å². The van der Waals surface area contributed by atoms with E-state index in [0.717, 1.165) is 10.0 Å². The second kappa shape index (κ2) is 6.59. The minimum atomic E-state index is -4.53. The van der Waals surface area contributed by atoms with Gasteiger partial charge in [0.1, 0.15) is 0 Å². The summed E-state index contributed by atoms with van der Waals surface area (Å²) >= 11 is 3.36. The summed E-state index contributed by atoms with van der Waals surface area (Å²) in [5.74, 6) is -0.980. The average Bonchev–Trinajstić information content (AvgIpc) is 3.33. The molecule has 6 heteroatoms. The highest BCUT2D eigenvalue weighted by atomic mass is 79.9. The van der Waals surface area contributed by atoms with Crippen molar-refractivity contribution in [2.24, 2.45) is 5.92 Å². The van der Waals surface area contributed by atoms with Gasteiger partial charge >= 0.3 is 6.18 Å². The van der Waals surface area contributed by atoms with Crippen molar-refractivity contribution in [2.75, 3.05) is 0 Å². The Labute approximate surface area is 146 Å². The van der Waals surface area contributed by atoms with Crippen LogP contribution in [0.1, 0.15) is 29.5 Å². The quantitative estimate of drug-likeness (QED) is 0.774. The maximum Gasteiger partial charge on any atom is 0.412 e. The number of benzene rings is 2. The Hall–Kier alpha value is -1.82. The lowest BCUT2D eigenvalue weighted by Gasteiger charge is -2.22. The number of carbonyl (C=O) groups excluding carboxylic acids is 1. The minimum absolute atomic E-state index is 0.0212. The molecule has 3 rings (SSSR count). The smallest absolute Gasteiger partial charge is 0.341 e. The molecule has 3 atom stereocenters. The summed E-state index contributed by atoms with van der Waals surface area (Å²) in [4.78, 5) is 12.3. The van der Waals surface area contributed by atoms with Crippen LogP contribution in [-0.4, -0.2) is 12.1 Å². The Kier molecular flexibility index (Phi) is 4.67. The molecule has 1 amide bonds. The molecule has 126 valence electrons. The van der Waals surface area contributed by atoms with Crippen molar-refractivity contribution in [1.29, 1.82) is 0 Å². The maximum atomic E-state index is 13.3. The molecule has 3 unspecified atom stereocenters. The van der Waals surface area contributed by atoms with Crippen molar-refractivity contribution in [1.82, 2.24) is 5.32 Å². The van der Waals surface area contributed by atoms with Crippen LogP contribution in [0.4, 0.5) is 13.2 Å². The van der Waals surface area contributed by atoms with Crippen molar-refractivity contribution in [3.8, 4) is 0 Å². The van der Waals surface area contributed by atoms with E-state index in [4.69, 9.17) is 0 Å². The number of amides is 1. The molecule has 1 saturated carbocycles. The van der Waals surface area contributed by atoms with E-state index < -0.39 is 24.0 Å². The highest BCUT2D eigenvalue weighted by molar-refractivity contribution is 9.10. The van der Waals surface area contributed by atoms with E-state index in [1.165, 1.54) is 24.3 Å². The molecule has 24 heavy (non-hydrogen) atoms. The molecule has 0 aromatic heterocycles. The first kappa shape index (κ1) is 17.0. The Balaban J connectivity index is 1.71. The molecule has 0 bridgehead atoms. The van der Waals surface area contributed by atoms with Gasteiger partial charge in [0.2, 0.25) is 5.91 Å². The van der Waals surface area contributed by atoms with Gasteiger partial charge in [-0.25, -0.2) is 0 Å². The Bertz CT molecular complexity index is 733. The average molecular weight is 398 g/mol. The molecule has 0 heterocycles. The van der Waals surface area contributed by atoms with E-state index in [-0.39, 0.29) is 11.5 Å². The van der Waals surface area contributed by atoms with E-state index in [1.54, 1.807) is 6.07 Å². The third-order valence-electron chi connectivity index (χ3n) is 4.15. The third-order valence-corrected chi connectivity index (χ3v) is 4.64. The SMILES string of the molecule is O=C(NC(c1ccccc1)C(F)(F)F)C1CC1c1cccc(Br)c1. The molecule has 1 fully saturated rings. The van der Waals surface area contributed by atoms with Crippen LogP contribution in [0, 0.1) is 5.92 Å². The van der Waals surface area contributed by atoms with Crippen LogP contribution >= 0.6 is 15.9 Å². The molecular formula is C18H15BrF3NO. The predicted molar refractivity (Wildman–Crippen MR) is 88.4 cm³/mol. The van der Waals surface area contributed by atoms with Gasteiger partial charge in [0.05, 0.1) is 0 Å². The summed E-state index contributed by atoms with van der Waals surface area (Å²) in [7, 11) is 0. The summed E-state index contributed by atoms with van der Waals surface area (Å²) in [6, 6.07) is 13.0. The van der Waals surface area contributed by atoms with Gasteiger partial charge in [-0.05, 0) is 35.6 Å². The monoisotopic (exact) mass is 397 g/mol. The molecule has 1 aliphatic rings. The lowest BCUT2D eigenvalue weighted by Crippen LogP contribution is -2.39. The molecule has 1 N–H and O–H groups in total. The van der Waals surface area contributed by atoms with E-state index in [0.29, 0.717) is 6.42 Å². The predicted octanol–water partition coefficient (Wildman–Crippen LogP) is 4.97. The largest absolute Gasteiger partial charge is 0.412 e. The lowest BCUT2D eigenvalue weighted by molar-refractivity contribution is -0.163. The highest BCUT2D eigenvalue weighted by Crippen LogP contribution is 2.48. The van der Waals surface area contributed by atoms with Crippen LogP contribution in [0.3, 0.4) is 0 Å². The first-order valence-electron chi connectivity index (χ1n) is 7.54. The molecular weight excluding hydrogens is 383 g/mol. The third kappa shape index (κ3) is 3.80. The fourth-order valence-corrected chi connectivity index (χ4v) is 3.26. The van der Waals surface area contributed by atoms with Crippen molar-refractivity contribution in [2.45, 2.75) is 24.6 Å². The fraction of sp³-hybridized carbons (Fsp3) is 0.278. The lowest BCUT2D eigenvalue weighted by atomic mass is 10.1. The summed E-state index contributed by atoms with van der Waals surface area (Å²) in [5, 5.41) is 2.17. The summed E-state index contributed by atoms with van der Waals surface area (Å²) in [6.45, 7) is 0. The standard InChI is InChI=1S/C18H15BrF3NO/c19-13-8-4-7-12(9-13)14-10-15(14)17(24)23-16(18(20,21)22)11-5-2-1-3-6-11/h1-9,14-16H,10H2,(H,23,24). The molecule has 0 spiro atoms. The number of hydrogen-bond acceptors (Lipinski definition) is 1. The summed E-state index contributed by atoms with van der Waals surface area (Å²) in [5.41, 5.74) is 1.01. The zero-order valence-electron chi connectivity index (χ0n) is 12.6. The topological polar surface area (TPSA) is 29.1 Å². The zero-order chi connectivity index (χ0) is 17.3. The Morgan fingerprint density at radius 2 is 1.83 bits per heavy atom. The number of carbonyl (C=O) groups is 1. The van der Waals surface area contributed by atoms with Gasteiger partial charge < -0.3 is 5.32 Å². The van der Waals surface area contributed by atoms with E-state index in [2.05, 4.69) is 21.2 Å². The van der Waals surface area contributed by atoms with E-state index >= 15 is 0 Å². The van der Waals surface area contributed by atoms with Gasteiger partial charge in [0.15, 0.2) is 6.04 Å². The molecule has 1 aliphatic carbocycles. The van der Waals surface area contributed by atoms with Crippen LogP contribution in [0.25, 0.3) is 0 Å². The Morgan fingerprint density at radius 3 is 2.46 bits per heavy atom. The summed E-state index contributed by atoms with van der Waals surface area (Å²) in [6.07, 6.45) is -3.96. The number of alkyl halides is 3. The van der Waals surface area contributed by atoms with Crippen molar-refractivity contribution in [3.63, 3.8) is 0 Å². The maximum absolute atomic E-state index is 13.3. The second-order valence-electron chi connectivity index (χ2n) is 5.90. The van der Waals surface area contributed by atoms with Crippen molar-refractivity contribution < 1.29 is 18.0 Å². The van der Waals surface area contributed by atoms with Crippen LogP contribution in [0.5, 0.6) is 0 Å². The van der Waals surface area contributed by atoms with Gasteiger partial charge in [0, 0.05) is 10.4 Å². The molecule has 0 aliphatic heterocycles. The Morgan fingerprint density at radius 1 is 1.12 bits per heavy atom. The summed E-state index contributed by atoms with van der Waals surface area (Å²) < 4.78 is 40.8. The number of rotatable bonds is 4. The molecule has 0 radical (unpaired) electrons. The van der Waals surface area contributed by atoms with Gasteiger partial charge in [0.25, 0.3) is 0 Å². The van der Waals surface area contributed by atoms with Crippen molar-refractivity contribution in [3.05, 3.63) is 70.2 Å². The highest BCUT2D eigenvalue weighted by Gasteiger charge is 2.48. The van der Waals surface area contributed by atoms with Crippen LogP contribution in [0.15, 0.2) is 59.1 Å². The van der Waals surface area contributed by atoms with Gasteiger partial charge in [-0.2, -0.15) is 13.2 Å². The van der Waals surface area contributed by atoms with Crippen LogP contribution in [-0.2, 0) is 4.79 Å². The zero-order valence-corrected chi connectivity index (χ0v) is 14.1. The normalized spacial score (nSPS) is 21.2. The number of hydrogen-bond donors (Lipinski definition) is 1. The molecule has 2 aromatic rings. The molecule has 2 aromatic carbocycles. The van der Waals surface area contributed by atoms with Crippen LogP contribution in [0.2, 0.25) is 0 Å². The van der Waals surface area contributed by atoms with E-state index in [1.807, 2.05) is 24.3 Å². The first-order valence-corrected chi connectivity index (χ1v) is 8.33. The molecule has 0 saturated heterocycles. The number of nitrogens with one attached hydrogen (secondary N) is 1. The van der Waals surface area contributed by atoms with Crippen molar-refractivity contribution >= 4 is 21.8 Å². The second-order valence-corrected chi connectivity index (χ2v) is 6.81.